The molecule has 2 aromatic rings. The van der Waals surface area contributed by atoms with Crippen molar-refractivity contribution in [2.45, 2.75) is 6.43 Å². The molecule has 1 aromatic heterocycles. The van der Waals surface area contributed by atoms with E-state index in [9.17, 15) is 31.5 Å². The van der Waals surface area contributed by atoms with Gasteiger partial charge >= 0.3 is 16.2 Å². The summed E-state index contributed by atoms with van der Waals surface area (Å²) in [5.41, 5.74) is -1.27. The molecule has 0 radical (unpaired) electrons. The number of alkyl halides is 2. The van der Waals surface area contributed by atoms with Crippen LogP contribution in [0.25, 0.3) is 10.9 Å². The monoisotopic (exact) mass is 378 g/mol. The van der Waals surface area contributed by atoms with Crippen LogP contribution in [-0.4, -0.2) is 49.0 Å². The highest BCUT2D eigenvalue weighted by Crippen LogP contribution is 2.37. The Morgan fingerprint density at radius 1 is 1.44 bits per heavy atom. The first-order valence-corrected chi connectivity index (χ1v) is 8.05. The van der Waals surface area contributed by atoms with Crippen molar-refractivity contribution in [3.8, 4) is 11.8 Å². The fourth-order valence-electron chi connectivity index (χ4n) is 2.19. The molecule has 1 fully saturated rings. The summed E-state index contributed by atoms with van der Waals surface area (Å²) >= 11 is 0. The summed E-state index contributed by atoms with van der Waals surface area (Å²) in [6.07, 6.45) is -1.79. The Labute approximate surface area is 138 Å². The van der Waals surface area contributed by atoms with Gasteiger partial charge in [0.05, 0.1) is 0 Å². The molecule has 0 atom stereocenters. The average Bonchev–Trinajstić information content (AvgIpc) is 2.78. The average molecular weight is 378 g/mol. The number of nitrogens with one attached hydrogen (secondary N) is 1. The van der Waals surface area contributed by atoms with Gasteiger partial charge in [0.1, 0.15) is 23.5 Å². The van der Waals surface area contributed by atoms with E-state index in [1.54, 1.807) is 4.72 Å². The van der Waals surface area contributed by atoms with E-state index in [2.05, 4.69) is 14.7 Å². The van der Waals surface area contributed by atoms with Gasteiger partial charge in [-0.15, -0.1) is 0 Å². The summed E-state index contributed by atoms with van der Waals surface area (Å²) in [4.78, 5) is 18.5. The molecule has 0 aliphatic carbocycles. The van der Waals surface area contributed by atoms with Gasteiger partial charge in [-0.3, -0.25) is 4.79 Å². The summed E-state index contributed by atoms with van der Waals surface area (Å²) in [6.45, 7) is -1.75. The number of aromatic nitrogens is 2. The number of halogens is 3. The maximum atomic E-state index is 14.7. The number of amides is 1. The number of hydrogen-bond donors (Lipinski definition) is 2. The highest BCUT2D eigenvalue weighted by atomic mass is 32.2. The first-order chi connectivity index (χ1) is 11.7. The van der Waals surface area contributed by atoms with E-state index in [4.69, 9.17) is 0 Å². The molecule has 0 bridgehead atoms. The van der Waals surface area contributed by atoms with Gasteiger partial charge < -0.3 is 9.84 Å². The van der Waals surface area contributed by atoms with Crippen LogP contribution in [0.4, 0.5) is 18.9 Å². The van der Waals surface area contributed by atoms with Crippen LogP contribution < -0.4 is 13.8 Å². The number of ether oxygens (including phenoxy) is 1. The van der Waals surface area contributed by atoms with Gasteiger partial charge in [-0.1, -0.05) is 0 Å². The molecule has 1 aliphatic heterocycles. The van der Waals surface area contributed by atoms with Crippen LogP contribution in [0.1, 0.15) is 0 Å². The molecule has 2 N–H and O–H groups in total. The number of anilines is 1. The topological polar surface area (TPSA) is 122 Å². The van der Waals surface area contributed by atoms with Crippen molar-refractivity contribution in [3.05, 3.63) is 18.1 Å². The van der Waals surface area contributed by atoms with Gasteiger partial charge in [-0.05, 0) is 6.07 Å². The molecule has 3 rings (SSSR count). The van der Waals surface area contributed by atoms with Gasteiger partial charge in [0, 0.05) is 11.6 Å². The number of hydrogen-bond acceptors (Lipinski definition) is 7. The molecule has 9 nitrogen and oxygen atoms in total. The summed E-state index contributed by atoms with van der Waals surface area (Å²) in [5, 5.41) is 9.91. The Morgan fingerprint density at radius 3 is 2.76 bits per heavy atom. The lowest BCUT2D eigenvalue weighted by atomic mass is 10.2. The van der Waals surface area contributed by atoms with Crippen LogP contribution >= 0.6 is 0 Å². The minimum absolute atomic E-state index is 0.0287. The zero-order valence-corrected chi connectivity index (χ0v) is 12.9. The van der Waals surface area contributed by atoms with E-state index in [1.807, 2.05) is 0 Å². The lowest BCUT2D eigenvalue weighted by molar-refractivity contribution is -0.117. The van der Waals surface area contributed by atoms with E-state index in [0.717, 1.165) is 12.3 Å². The van der Waals surface area contributed by atoms with Gasteiger partial charge in [0.25, 0.3) is 12.3 Å². The maximum Gasteiger partial charge on any atom is 0.326 e. The fraction of sp³-hybridized carbons (Fsp3) is 0.250. The summed E-state index contributed by atoms with van der Waals surface area (Å²) in [7, 11) is -4.37. The Morgan fingerprint density at radius 2 is 2.16 bits per heavy atom. The largest absolute Gasteiger partial charge is 0.506 e. The van der Waals surface area contributed by atoms with E-state index in [-0.39, 0.29) is 5.39 Å². The number of rotatable bonds is 4. The quantitative estimate of drug-likeness (QED) is 0.785. The van der Waals surface area contributed by atoms with Crippen LogP contribution in [0.5, 0.6) is 11.8 Å². The van der Waals surface area contributed by atoms with Crippen molar-refractivity contribution >= 4 is 32.7 Å². The number of carbonyl (C=O) groups is 1. The second-order valence-corrected chi connectivity index (χ2v) is 6.48. The molecule has 0 unspecified atom stereocenters. The van der Waals surface area contributed by atoms with Crippen LogP contribution in [0, 0.1) is 5.82 Å². The number of phenolic OH excluding ortho intramolecular Hbond substituents is 1. The van der Waals surface area contributed by atoms with E-state index in [1.165, 1.54) is 0 Å². The Bertz CT molecular complexity index is 969. The number of benzene rings is 1. The zero-order valence-electron chi connectivity index (χ0n) is 12.1. The standard InChI is InChI=1S/C12H9F3N4O5S/c13-7(14)4-24-12-16-2-5-1-6(20)11(9(15)10(5)17-12)19-3-8(21)18-25(19,22)23/h1-2,7,20H,3-4H2,(H,18,21). The molecular weight excluding hydrogens is 369 g/mol. The molecule has 0 saturated carbocycles. The third-order valence-electron chi connectivity index (χ3n) is 3.15. The third-order valence-corrected chi connectivity index (χ3v) is 4.53. The third kappa shape index (κ3) is 3.09. The molecule has 13 heteroatoms. The smallest absolute Gasteiger partial charge is 0.326 e. The zero-order chi connectivity index (χ0) is 18.4. The summed E-state index contributed by atoms with van der Waals surface area (Å²) in [5.74, 6) is -2.96. The van der Waals surface area contributed by atoms with Gasteiger partial charge in [0.15, 0.2) is 12.4 Å². The number of aromatic hydroxyl groups is 1. The minimum Gasteiger partial charge on any atom is -0.506 e. The predicted octanol–water partition coefficient (Wildman–Crippen LogP) is 0.299. The van der Waals surface area contributed by atoms with Crippen molar-refractivity contribution in [3.63, 3.8) is 0 Å². The maximum absolute atomic E-state index is 14.7. The molecule has 1 saturated heterocycles. The van der Waals surface area contributed by atoms with Crippen molar-refractivity contribution < 1.29 is 36.2 Å². The van der Waals surface area contributed by atoms with Gasteiger partial charge in [-0.25, -0.2) is 27.2 Å². The fourth-order valence-corrected chi connectivity index (χ4v) is 3.35. The summed E-state index contributed by atoms with van der Waals surface area (Å²) < 4.78 is 69.3. The number of nitrogens with zero attached hydrogens (tertiary/aromatic N) is 3. The minimum atomic E-state index is -4.37. The van der Waals surface area contributed by atoms with Crippen LogP contribution in [0.2, 0.25) is 0 Å². The van der Waals surface area contributed by atoms with Crippen LogP contribution in [0.3, 0.4) is 0 Å². The number of fused-ring (bicyclic) bond motifs is 1. The Hall–Kier alpha value is -2.83. The van der Waals surface area contributed by atoms with Gasteiger partial charge in [-0.2, -0.15) is 13.4 Å². The first kappa shape index (κ1) is 17.0. The molecule has 1 aliphatic rings. The van der Waals surface area contributed by atoms with Crippen LogP contribution in [0.15, 0.2) is 12.3 Å². The first-order valence-electron chi connectivity index (χ1n) is 6.61. The van der Waals surface area contributed by atoms with Crippen molar-refractivity contribution in [1.29, 1.82) is 0 Å². The molecular formula is C12H9F3N4O5S. The number of phenols is 1. The van der Waals surface area contributed by atoms with Crippen molar-refractivity contribution in [2.75, 3.05) is 17.5 Å². The highest BCUT2D eigenvalue weighted by Gasteiger charge is 2.38. The predicted molar refractivity (Wildman–Crippen MR) is 77.1 cm³/mol. The second-order valence-electron chi connectivity index (χ2n) is 4.89. The molecule has 0 spiro atoms. The Balaban J connectivity index is 2.12. The normalized spacial score (nSPS) is 16.5. The summed E-state index contributed by atoms with van der Waals surface area (Å²) in [6, 6.07) is 0.421. The second kappa shape index (κ2) is 5.91. The lowest BCUT2D eigenvalue weighted by Gasteiger charge is -2.17. The lowest BCUT2D eigenvalue weighted by Crippen LogP contribution is -2.30. The molecule has 1 aromatic carbocycles. The van der Waals surface area contributed by atoms with Crippen LogP contribution in [-0.2, 0) is 15.0 Å². The van der Waals surface area contributed by atoms with E-state index >= 15 is 0 Å². The Kier molecular flexibility index (Phi) is 4.02. The van der Waals surface area contributed by atoms with E-state index in [0.29, 0.717) is 4.31 Å². The SMILES string of the molecule is O=C1CN(c2c(O)cc3cnc(OCC(F)F)nc3c2F)S(=O)(=O)N1. The van der Waals surface area contributed by atoms with Gasteiger partial charge in [0.2, 0.25) is 0 Å². The highest BCUT2D eigenvalue weighted by molar-refractivity contribution is 7.92. The molecule has 1 amide bonds. The molecule has 25 heavy (non-hydrogen) atoms. The molecule has 2 heterocycles. The number of carbonyl (C=O) groups excluding carboxylic acids is 1. The van der Waals surface area contributed by atoms with E-state index < -0.39 is 64.5 Å². The molecule has 134 valence electrons. The van der Waals surface area contributed by atoms with Crippen molar-refractivity contribution in [2.24, 2.45) is 0 Å². The van der Waals surface area contributed by atoms with Crippen molar-refractivity contribution in [1.82, 2.24) is 14.7 Å².